The first-order valence-electron chi connectivity index (χ1n) is 9.98. The maximum Gasteiger partial charge on any atom is 0.192 e. The topological polar surface area (TPSA) is 44.8 Å². The lowest BCUT2D eigenvalue weighted by atomic mass is 10.2. The number of ether oxygens (including phenoxy) is 2. The number of benzene rings is 1. The van der Waals surface area contributed by atoms with Crippen LogP contribution in [0.15, 0.2) is 60.7 Å². The van der Waals surface area contributed by atoms with E-state index in [-0.39, 0.29) is 23.5 Å². The molecular weight excluding hydrogens is 380 g/mol. The molecule has 0 N–H and O–H groups in total. The third-order valence-corrected chi connectivity index (χ3v) is 9.53. The van der Waals surface area contributed by atoms with E-state index in [4.69, 9.17) is 13.9 Å². The molecule has 4 nitrogen and oxygen atoms in total. The summed E-state index contributed by atoms with van der Waals surface area (Å²) in [6, 6.07) is 7.59. The summed E-state index contributed by atoms with van der Waals surface area (Å²) >= 11 is 0. The molecule has 0 bridgehead atoms. The molecule has 0 aromatic heterocycles. The van der Waals surface area contributed by atoms with Gasteiger partial charge in [0.1, 0.15) is 12.4 Å². The molecule has 0 radical (unpaired) electrons. The molecule has 1 aromatic carbocycles. The van der Waals surface area contributed by atoms with Gasteiger partial charge in [0, 0.05) is 0 Å². The fraction of sp³-hybridized carbons (Fsp3) is 0.458. The van der Waals surface area contributed by atoms with E-state index in [0.29, 0.717) is 6.61 Å². The van der Waals surface area contributed by atoms with Crippen molar-refractivity contribution in [3.63, 3.8) is 0 Å². The Bertz CT molecular complexity index is 709. The Labute approximate surface area is 177 Å². The monoisotopic (exact) mass is 416 g/mol. The van der Waals surface area contributed by atoms with Crippen molar-refractivity contribution in [1.82, 2.24) is 0 Å². The Balaban J connectivity index is 2.31. The van der Waals surface area contributed by atoms with E-state index in [1.54, 1.807) is 13.2 Å². The van der Waals surface area contributed by atoms with Gasteiger partial charge in [-0.25, -0.2) is 0 Å². The van der Waals surface area contributed by atoms with Crippen LogP contribution in [-0.4, -0.2) is 33.9 Å². The molecule has 1 aromatic rings. The number of carbonyl (C=O) groups is 1. The first kappa shape index (κ1) is 25.1. The minimum absolute atomic E-state index is 0.0591. The van der Waals surface area contributed by atoms with Gasteiger partial charge >= 0.3 is 0 Å². The second-order valence-corrected chi connectivity index (χ2v) is 13.3. The van der Waals surface area contributed by atoms with Gasteiger partial charge < -0.3 is 13.9 Å². The smallest absolute Gasteiger partial charge is 0.192 e. The van der Waals surface area contributed by atoms with Crippen molar-refractivity contribution in [2.24, 2.45) is 0 Å². The average Bonchev–Trinajstić information content (AvgIpc) is 2.63. The predicted octanol–water partition coefficient (Wildman–Crippen LogP) is 5.86. The standard InChI is InChI=1S/C24H36O4Si/c1-20(28-29(6,7)24(2,3)4)12-10-8-9-11-13-22(25)19-27-18-21-14-16-23(26-5)17-15-21/h8-17,20H,18-19H2,1-7H3/b9-8+,12-10+,13-11+/t20-/m1/s1. The molecule has 0 aliphatic carbocycles. The van der Waals surface area contributed by atoms with Crippen molar-refractivity contribution >= 4 is 14.1 Å². The molecule has 0 aliphatic rings. The van der Waals surface area contributed by atoms with E-state index in [2.05, 4.69) is 40.8 Å². The highest BCUT2D eigenvalue weighted by atomic mass is 28.4. The van der Waals surface area contributed by atoms with E-state index in [1.807, 2.05) is 48.6 Å². The van der Waals surface area contributed by atoms with Crippen LogP contribution >= 0.6 is 0 Å². The number of rotatable bonds is 11. The maximum absolute atomic E-state index is 11.8. The van der Waals surface area contributed by atoms with Crippen LogP contribution in [0.1, 0.15) is 33.3 Å². The molecule has 1 rings (SSSR count). The lowest BCUT2D eigenvalue weighted by Crippen LogP contribution is -2.42. The summed E-state index contributed by atoms with van der Waals surface area (Å²) in [5, 5.41) is 0.198. The number of hydrogen-bond acceptors (Lipinski definition) is 4. The summed E-state index contributed by atoms with van der Waals surface area (Å²) in [7, 11) is -0.125. The second kappa shape index (κ2) is 11.9. The number of ketones is 1. The van der Waals surface area contributed by atoms with Gasteiger partial charge in [-0.3, -0.25) is 4.79 Å². The Morgan fingerprint density at radius 3 is 2.28 bits per heavy atom. The van der Waals surface area contributed by atoms with Crippen LogP contribution in [0.2, 0.25) is 18.1 Å². The lowest BCUT2D eigenvalue weighted by Gasteiger charge is -2.37. The van der Waals surface area contributed by atoms with Crippen LogP contribution in [0.25, 0.3) is 0 Å². The largest absolute Gasteiger partial charge is 0.497 e. The lowest BCUT2D eigenvalue weighted by molar-refractivity contribution is -0.119. The molecule has 1 atom stereocenters. The van der Waals surface area contributed by atoms with Gasteiger partial charge in [0.15, 0.2) is 14.1 Å². The van der Waals surface area contributed by atoms with Crippen LogP contribution in [0.3, 0.4) is 0 Å². The zero-order valence-electron chi connectivity index (χ0n) is 18.9. The first-order valence-corrected chi connectivity index (χ1v) is 12.9. The van der Waals surface area contributed by atoms with Gasteiger partial charge in [0.05, 0.1) is 19.8 Å². The van der Waals surface area contributed by atoms with Gasteiger partial charge in [-0.15, -0.1) is 0 Å². The van der Waals surface area contributed by atoms with Crippen molar-refractivity contribution < 1.29 is 18.7 Å². The minimum atomic E-state index is -1.75. The molecule has 0 aliphatic heterocycles. The Hall–Kier alpha value is -1.95. The van der Waals surface area contributed by atoms with Crippen LogP contribution < -0.4 is 4.74 Å². The highest BCUT2D eigenvalue weighted by molar-refractivity contribution is 6.74. The van der Waals surface area contributed by atoms with E-state index in [9.17, 15) is 4.79 Å². The number of methoxy groups -OCH3 is 1. The van der Waals surface area contributed by atoms with E-state index in [0.717, 1.165) is 11.3 Å². The van der Waals surface area contributed by atoms with Crippen LogP contribution in [0.4, 0.5) is 0 Å². The SMILES string of the molecule is COc1ccc(COCC(=O)/C=C/C=C/C=C/[C@@H](C)O[Si](C)(C)C(C)(C)C)cc1. The second-order valence-electron chi connectivity index (χ2n) is 8.52. The Morgan fingerprint density at radius 1 is 1.07 bits per heavy atom. The first-order chi connectivity index (χ1) is 13.5. The molecular formula is C24H36O4Si. The molecule has 5 heteroatoms. The van der Waals surface area contributed by atoms with E-state index < -0.39 is 8.32 Å². The minimum Gasteiger partial charge on any atom is -0.497 e. The van der Waals surface area contributed by atoms with Crippen molar-refractivity contribution in [2.45, 2.75) is 58.5 Å². The molecule has 0 heterocycles. The molecule has 0 spiro atoms. The maximum atomic E-state index is 11.8. The third kappa shape index (κ3) is 9.88. The number of allylic oxidation sites excluding steroid dienone is 4. The Kier molecular flexibility index (Phi) is 10.3. The van der Waals surface area contributed by atoms with Crippen molar-refractivity contribution in [1.29, 1.82) is 0 Å². The van der Waals surface area contributed by atoms with Gasteiger partial charge in [-0.1, -0.05) is 63.3 Å². The van der Waals surface area contributed by atoms with E-state index >= 15 is 0 Å². The van der Waals surface area contributed by atoms with Crippen molar-refractivity contribution in [2.75, 3.05) is 13.7 Å². The molecule has 0 fully saturated rings. The van der Waals surface area contributed by atoms with Gasteiger partial charge in [0.2, 0.25) is 0 Å². The molecule has 0 saturated heterocycles. The van der Waals surface area contributed by atoms with Crippen LogP contribution in [0.5, 0.6) is 5.75 Å². The summed E-state index contributed by atoms with van der Waals surface area (Å²) in [5.74, 6) is 0.733. The molecule has 160 valence electrons. The fourth-order valence-corrected chi connectivity index (χ4v) is 3.59. The van der Waals surface area contributed by atoms with E-state index in [1.165, 1.54) is 6.08 Å². The number of carbonyl (C=O) groups excluding carboxylic acids is 1. The summed E-state index contributed by atoms with van der Waals surface area (Å²) in [5.41, 5.74) is 1.00. The normalized spacial score (nSPS) is 14.2. The molecule has 0 unspecified atom stereocenters. The average molecular weight is 417 g/mol. The Morgan fingerprint density at radius 2 is 1.69 bits per heavy atom. The van der Waals surface area contributed by atoms with Gasteiger partial charge in [-0.05, 0) is 48.8 Å². The van der Waals surface area contributed by atoms with Gasteiger partial charge in [-0.2, -0.15) is 0 Å². The fourth-order valence-electron chi connectivity index (χ4n) is 2.23. The predicted molar refractivity (Wildman–Crippen MR) is 123 cm³/mol. The van der Waals surface area contributed by atoms with Crippen LogP contribution in [0, 0.1) is 0 Å². The van der Waals surface area contributed by atoms with Gasteiger partial charge in [0.25, 0.3) is 0 Å². The van der Waals surface area contributed by atoms with Crippen molar-refractivity contribution in [3.8, 4) is 5.75 Å². The van der Waals surface area contributed by atoms with Crippen molar-refractivity contribution in [3.05, 3.63) is 66.3 Å². The summed E-state index contributed by atoms with van der Waals surface area (Å²) < 4.78 is 16.8. The summed E-state index contributed by atoms with van der Waals surface area (Å²) in [6.07, 6.45) is 11.0. The summed E-state index contributed by atoms with van der Waals surface area (Å²) in [6.45, 7) is 13.7. The molecule has 0 amide bonds. The quantitative estimate of drug-likeness (QED) is 0.257. The highest BCUT2D eigenvalue weighted by Crippen LogP contribution is 2.37. The molecule has 0 saturated carbocycles. The van der Waals surface area contributed by atoms with Crippen LogP contribution in [-0.2, 0) is 20.6 Å². The zero-order chi connectivity index (χ0) is 21.9. The third-order valence-electron chi connectivity index (χ3n) is 4.96. The number of hydrogen-bond donors (Lipinski definition) is 0. The highest BCUT2D eigenvalue weighted by Gasteiger charge is 2.37. The summed E-state index contributed by atoms with van der Waals surface area (Å²) in [4.78, 5) is 11.8. The zero-order valence-corrected chi connectivity index (χ0v) is 19.9. The molecule has 29 heavy (non-hydrogen) atoms.